The zero-order chi connectivity index (χ0) is 7.68. The number of nitroso groups, excluding NO2 is 1. The Morgan fingerprint density at radius 2 is 2.27 bits per heavy atom. The van der Waals surface area contributed by atoms with Gasteiger partial charge in [0.2, 0.25) is 0 Å². The molecular weight excluding hydrogens is 138 g/mol. The molecule has 2 rings (SSSR count). The van der Waals surface area contributed by atoms with Gasteiger partial charge in [0.25, 0.3) is 0 Å². The number of rotatable bonds is 1. The lowest BCUT2D eigenvalue weighted by atomic mass is 10.1. The molecule has 0 aromatic heterocycles. The van der Waals surface area contributed by atoms with E-state index in [-0.39, 0.29) is 0 Å². The molecule has 0 radical (unpaired) electrons. The van der Waals surface area contributed by atoms with Crippen LogP contribution in [0.4, 0.5) is 5.69 Å². The summed E-state index contributed by atoms with van der Waals surface area (Å²) in [6, 6.07) is 5.59. The lowest BCUT2D eigenvalue weighted by Crippen LogP contribution is -1.80. The third kappa shape index (κ3) is 0.871. The van der Waals surface area contributed by atoms with Gasteiger partial charge in [-0.1, -0.05) is 24.3 Å². The zero-order valence-electron chi connectivity index (χ0n) is 5.95. The first-order valence-electron chi connectivity index (χ1n) is 3.53. The van der Waals surface area contributed by atoms with Crippen molar-refractivity contribution in [2.45, 2.75) is 6.42 Å². The van der Waals surface area contributed by atoms with Crippen LogP contribution in [0.1, 0.15) is 11.1 Å². The van der Waals surface area contributed by atoms with Gasteiger partial charge in [-0.05, 0) is 28.8 Å². The van der Waals surface area contributed by atoms with Crippen molar-refractivity contribution in [3.05, 3.63) is 40.3 Å². The van der Waals surface area contributed by atoms with Gasteiger partial charge < -0.3 is 0 Å². The first kappa shape index (κ1) is 6.28. The molecule has 54 valence electrons. The van der Waals surface area contributed by atoms with Gasteiger partial charge in [-0.3, -0.25) is 0 Å². The molecule has 0 amide bonds. The molecule has 1 aromatic carbocycles. The average molecular weight is 145 g/mol. The molecule has 0 spiro atoms. The molecular formula is C9H7NO. The Morgan fingerprint density at radius 3 is 3.09 bits per heavy atom. The minimum atomic E-state index is 0.576. The molecule has 2 nitrogen and oxygen atoms in total. The van der Waals surface area contributed by atoms with Gasteiger partial charge in [0.1, 0.15) is 5.69 Å². The Morgan fingerprint density at radius 1 is 1.36 bits per heavy atom. The number of fused-ring (bicyclic) bond motifs is 1. The molecule has 0 bridgehead atoms. The molecule has 0 saturated carbocycles. The highest BCUT2D eigenvalue weighted by Gasteiger charge is 2.08. The molecule has 2 heteroatoms. The van der Waals surface area contributed by atoms with Crippen LogP contribution in [0.3, 0.4) is 0 Å². The fourth-order valence-corrected chi connectivity index (χ4v) is 1.36. The quantitative estimate of drug-likeness (QED) is 0.558. The zero-order valence-corrected chi connectivity index (χ0v) is 5.95. The van der Waals surface area contributed by atoms with Crippen molar-refractivity contribution in [3.8, 4) is 0 Å². The fraction of sp³-hybridized carbons (Fsp3) is 0.111. The van der Waals surface area contributed by atoms with Crippen molar-refractivity contribution < 1.29 is 0 Å². The summed E-state index contributed by atoms with van der Waals surface area (Å²) in [5, 5.41) is 2.95. The molecule has 1 aromatic rings. The van der Waals surface area contributed by atoms with E-state index in [4.69, 9.17) is 0 Å². The van der Waals surface area contributed by atoms with Crippen LogP contribution in [-0.2, 0) is 6.42 Å². The Kier molecular flexibility index (Phi) is 1.32. The van der Waals surface area contributed by atoms with Crippen molar-refractivity contribution in [2.24, 2.45) is 5.18 Å². The van der Waals surface area contributed by atoms with Crippen molar-refractivity contribution in [1.82, 2.24) is 0 Å². The number of hydrogen-bond donors (Lipinski definition) is 0. The third-order valence-electron chi connectivity index (χ3n) is 1.91. The first-order valence-corrected chi connectivity index (χ1v) is 3.53. The van der Waals surface area contributed by atoms with Crippen molar-refractivity contribution >= 4 is 11.8 Å². The summed E-state index contributed by atoms with van der Waals surface area (Å²) < 4.78 is 0. The highest BCUT2D eigenvalue weighted by Crippen LogP contribution is 2.28. The maximum atomic E-state index is 10.3. The molecule has 0 saturated heterocycles. The third-order valence-corrected chi connectivity index (χ3v) is 1.91. The lowest BCUT2D eigenvalue weighted by molar-refractivity contribution is 1.28. The Hall–Kier alpha value is -1.44. The fourth-order valence-electron chi connectivity index (χ4n) is 1.36. The van der Waals surface area contributed by atoms with E-state index in [1.54, 1.807) is 6.07 Å². The van der Waals surface area contributed by atoms with Crippen LogP contribution in [0.15, 0.2) is 29.5 Å². The molecule has 0 aliphatic heterocycles. The summed E-state index contributed by atoms with van der Waals surface area (Å²) in [6.07, 6.45) is 4.90. The molecule has 0 N–H and O–H groups in total. The summed E-state index contributed by atoms with van der Waals surface area (Å²) in [7, 11) is 0. The van der Waals surface area contributed by atoms with Gasteiger partial charge in [-0.2, -0.15) is 0 Å². The second-order valence-electron chi connectivity index (χ2n) is 2.54. The highest BCUT2D eigenvalue weighted by atomic mass is 16.3. The summed E-state index contributed by atoms with van der Waals surface area (Å²) >= 11 is 0. The van der Waals surface area contributed by atoms with Crippen LogP contribution >= 0.6 is 0 Å². The normalized spacial score (nSPS) is 13.1. The monoisotopic (exact) mass is 145 g/mol. The largest absolute Gasteiger partial charge is 0.145 e. The highest BCUT2D eigenvalue weighted by molar-refractivity contribution is 5.67. The molecule has 0 unspecified atom stereocenters. The van der Waals surface area contributed by atoms with Crippen LogP contribution in [0.5, 0.6) is 0 Å². The number of nitrogens with zero attached hydrogens (tertiary/aromatic N) is 1. The molecule has 11 heavy (non-hydrogen) atoms. The van der Waals surface area contributed by atoms with Gasteiger partial charge >= 0.3 is 0 Å². The number of allylic oxidation sites excluding steroid dienone is 1. The predicted octanol–water partition coefficient (Wildman–Crippen LogP) is 2.65. The van der Waals surface area contributed by atoms with Crippen molar-refractivity contribution in [2.75, 3.05) is 0 Å². The summed E-state index contributed by atoms with van der Waals surface area (Å²) in [4.78, 5) is 10.3. The van der Waals surface area contributed by atoms with Crippen molar-refractivity contribution in [3.63, 3.8) is 0 Å². The minimum Gasteiger partial charge on any atom is -0.145 e. The van der Waals surface area contributed by atoms with Gasteiger partial charge in [0, 0.05) is 0 Å². The van der Waals surface area contributed by atoms with E-state index in [9.17, 15) is 4.91 Å². The van der Waals surface area contributed by atoms with Crippen LogP contribution in [0.25, 0.3) is 6.08 Å². The van der Waals surface area contributed by atoms with Crippen LogP contribution in [0, 0.1) is 4.91 Å². The van der Waals surface area contributed by atoms with Gasteiger partial charge in [0.15, 0.2) is 0 Å². The summed E-state index contributed by atoms with van der Waals surface area (Å²) in [5.74, 6) is 0. The Balaban J connectivity index is 2.63. The van der Waals surface area contributed by atoms with Crippen LogP contribution < -0.4 is 0 Å². The maximum absolute atomic E-state index is 10.3. The number of hydrogen-bond acceptors (Lipinski definition) is 2. The Labute approximate surface area is 64.5 Å². The summed E-state index contributed by atoms with van der Waals surface area (Å²) in [6.45, 7) is 0. The van der Waals surface area contributed by atoms with Crippen molar-refractivity contribution in [1.29, 1.82) is 0 Å². The maximum Gasteiger partial charge on any atom is 0.112 e. The van der Waals surface area contributed by atoms with E-state index in [0.717, 1.165) is 17.5 Å². The summed E-state index contributed by atoms with van der Waals surface area (Å²) in [5.41, 5.74) is 2.76. The topological polar surface area (TPSA) is 29.4 Å². The molecule has 0 atom stereocenters. The smallest absolute Gasteiger partial charge is 0.112 e. The standard InChI is InChI=1S/C9H7NO/c11-10-9-6-2-4-7-3-1-5-8(7)9/h1-4,6H,5H2. The van der Waals surface area contributed by atoms with E-state index >= 15 is 0 Å². The SMILES string of the molecule is O=Nc1cccc2c1CC=C2. The second kappa shape index (κ2) is 2.31. The molecule has 0 heterocycles. The molecule has 1 aliphatic rings. The predicted molar refractivity (Wildman–Crippen MR) is 44.6 cm³/mol. The van der Waals surface area contributed by atoms with E-state index in [1.807, 2.05) is 24.3 Å². The van der Waals surface area contributed by atoms with Crippen LogP contribution in [-0.4, -0.2) is 0 Å². The molecule has 0 fully saturated rings. The van der Waals surface area contributed by atoms with E-state index in [1.165, 1.54) is 0 Å². The van der Waals surface area contributed by atoms with Gasteiger partial charge in [-0.25, -0.2) is 0 Å². The lowest BCUT2D eigenvalue weighted by Gasteiger charge is -1.98. The van der Waals surface area contributed by atoms with Crippen LogP contribution in [0.2, 0.25) is 0 Å². The van der Waals surface area contributed by atoms with E-state index in [0.29, 0.717) is 5.69 Å². The van der Waals surface area contributed by atoms with E-state index < -0.39 is 0 Å². The minimum absolute atomic E-state index is 0.576. The molecule has 1 aliphatic carbocycles. The average Bonchev–Trinajstić information content (AvgIpc) is 2.50. The first-order chi connectivity index (χ1) is 5.42. The van der Waals surface area contributed by atoms with E-state index in [2.05, 4.69) is 5.18 Å². The van der Waals surface area contributed by atoms with Gasteiger partial charge in [0.05, 0.1) is 0 Å². The van der Waals surface area contributed by atoms with Gasteiger partial charge in [-0.15, -0.1) is 4.91 Å². The second-order valence-corrected chi connectivity index (χ2v) is 2.54. The number of benzene rings is 1. The Bertz CT molecular complexity index is 328.